The molecule has 1 aliphatic rings. The molecule has 1 saturated heterocycles. The molecule has 0 aliphatic carbocycles. The molecule has 1 aliphatic heterocycles. The fourth-order valence-corrected chi connectivity index (χ4v) is 3.11. The summed E-state index contributed by atoms with van der Waals surface area (Å²) in [6, 6.07) is 18.5. The maximum Gasteiger partial charge on any atom is 0.317 e. The topological polar surface area (TPSA) is 35.6 Å². The van der Waals surface area contributed by atoms with Gasteiger partial charge in [-0.2, -0.15) is 0 Å². The second-order valence-electron chi connectivity index (χ2n) is 6.03. The van der Waals surface area contributed by atoms with Gasteiger partial charge in [0.2, 0.25) is 0 Å². The van der Waals surface area contributed by atoms with Crippen LogP contribution in [-0.4, -0.2) is 42.0 Å². The summed E-state index contributed by atoms with van der Waals surface area (Å²) in [5.74, 6) is 0. The SMILES string of the molecule is O=C(NCc1ccc(Br)cc1)N1CCN(Cc2ccccc2)CC1. The molecular weight excluding hydrogens is 366 g/mol. The standard InChI is InChI=1S/C19H22BrN3O/c20-18-8-6-16(7-9-18)14-21-19(24)23-12-10-22(11-13-23)15-17-4-2-1-3-5-17/h1-9H,10-15H2,(H,21,24). The van der Waals surface area contributed by atoms with Crippen LogP contribution in [0.2, 0.25) is 0 Å². The lowest BCUT2D eigenvalue weighted by atomic mass is 10.2. The Balaban J connectivity index is 1.42. The number of carbonyl (C=O) groups is 1. The van der Waals surface area contributed by atoms with E-state index in [0.717, 1.165) is 42.8 Å². The summed E-state index contributed by atoms with van der Waals surface area (Å²) in [7, 11) is 0. The van der Waals surface area contributed by atoms with Crippen molar-refractivity contribution in [1.29, 1.82) is 0 Å². The largest absolute Gasteiger partial charge is 0.334 e. The van der Waals surface area contributed by atoms with Crippen molar-refractivity contribution in [2.24, 2.45) is 0 Å². The first kappa shape index (κ1) is 17.0. The monoisotopic (exact) mass is 387 g/mol. The van der Waals surface area contributed by atoms with Crippen LogP contribution in [0.15, 0.2) is 59.1 Å². The van der Waals surface area contributed by atoms with Crippen molar-refractivity contribution in [3.05, 3.63) is 70.2 Å². The van der Waals surface area contributed by atoms with Crippen molar-refractivity contribution in [2.45, 2.75) is 13.1 Å². The van der Waals surface area contributed by atoms with Gasteiger partial charge in [-0.25, -0.2) is 4.79 Å². The highest BCUT2D eigenvalue weighted by atomic mass is 79.9. The number of hydrogen-bond acceptors (Lipinski definition) is 2. The Morgan fingerprint density at radius 3 is 2.25 bits per heavy atom. The molecular formula is C19H22BrN3O. The minimum atomic E-state index is 0.0253. The lowest BCUT2D eigenvalue weighted by Crippen LogP contribution is -2.51. The maximum atomic E-state index is 12.3. The third-order valence-electron chi connectivity index (χ3n) is 4.27. The summed E-state index contributed by atoms with van der Waals surface area (Å²) in [4.78, 5) is 16.6. The van der Waals surface area contributed by atoms with Gasteiger partial charge in [-0.15, -0.1) is 0 Å². The van der Waals surface area contributed by atoms with Crippen LogP contribution in [-0.2, 0) is 13.1 Å². The van der Waals surface area contributed by atoms with E-state index in [1.165, 1.54) is 5.56 Å². The normalized spacial score (nSPS) is 15.3. The van der Waals surface area contributed by atoms with E-state index in [1.807, 2.05) is 35.2 Å². The molecule has 1 N–H and O–H groups in total. The Kier molecular flexibility index (Phi) is 5.88. The molecule has 2 amide bonds. The van der Waals surface area contributed by atoms with Crippen LogP contribution < -0.4 is 5.32 Å². The lowest BCUT2D eigenvalue weighted by molar-refractivity contribution is 0.135. The molecule has 126 valence electrons. The van der Waals surface area contributed by atoms with Gasteiger partial charge >= 0.3 is 6.03 Å². The summed E-state index contributed by atoms with van der Waals surface area (Å²) < 4.78 is 1.05. The highest BCUT2D eigenvalue weighted by Gasteiger charge is 2.20. The first-order valence-corrected chi connectivity index (χ1v) is 9.03. The van der Waals surface area contributed by atoms with Crippen LogP contribution in [0.5, 0.6) is 0 Å². The van der Waals surface area contributed by atoms with E-state index in [4.69, 9.17) is 0 Å². The third kappa shape index (κ3) is 4.82. The van der Waals surface area contributed by atoms with Crippen molar-refractivity contribution < 1.29 is 4.79 Å². The van der Waals surface area contributed by atoms with Crippen molar-refractivity contribution in [1.82, 2.24) is 15.1 Å². The van der Waals surface area contributed by atoms with Crippen LogP contribution in [0.4, 0.5) is 4.79 Å². The Labute approximate surface area is 151 Å². The van der Waals surface area contributed by atoms with Gasteiger partial charge < -0.3 is 10.2 Å². The number of halogens is 1. The number of rotatable bonds is 4. The van der Waals surface area contributed by atoms with Gasteiger partial charge in [-0.3, -0.25) is 4.90 Å². The average Bonchev–Trinajstić information content (AvgIpc) is 2.62. The molecule has 1 fully saturated rings. The number of hydrogen-bond donors (Lipinski definition) is 1. The van der Waals surface area contributed by atoms with Crippen LogP contribution in [0.25, 0.3) is 0 Å². The predicted octanol–water partition coefficient (Wildman–Crippen LogP) is 3.48. The summed E-state index contributed by atoms with van der Waals surface area (Å²) in [6.07, 6.45) is 0. The van der Waals surface area contributed by atoms with Gasteiger partial charge in [0.1, 0.15) is 0 Å². The molecule has 0 atom stereocenters. The molecule has 0 saturated carbocycles. The zero-order valence-electron chi connectivity index (χ0n) is 13.6. The average molecular weight is 388 g/mol. The molecule has 0 bridgehead atoms. The first-order chi connectivity index (χ1) is 11.7. The van der Waals surface area contributed by atoms with E-state index in [1.54, 1.807) is 0 Å². The molecule has 0 aromatic heterocycles. The van der Waals surface area contributed by atoms with Gasteiger partial charge in [-0.05, 0) is 23.3 Å². The first-order valence-electron chi connectivity index (χ1n) is 8.24. The van der Waals surface area contributed by atoms with E-state index in [-0.39, 0.29) is 6.03 Å². The van der Waals surface area contributed by atoms with Gasteiger partial charge in [-0.1, -0.05) is 58.4 Å². The predicted molar refractivity (Wildman–Crippen MR) is 99.7 cm³/mol. The molecule has 4 nitrogen and oxygen atoms in total. The Morgan fingerprint density at radius 1 is 0.917 bits per heavy atom. The van der Waals surface area contributed by atoms with Crippen molar-refractivity contribution in [3.63, 3.8) is 0 Å². The number of benzene rings is 2. The van der Waals surface area contributed by atoms with E-state index >= 15 is 0 Å². The number of piperazine rings is 1. The number of carbonyl (C=O) groups excluding carboxylic acids is 1. The number of urea groups is 1. The van der Waals surface area contributed by atoms with E-state index in [9.17, 15) is 4.79 Å². The maximum absolute atomic E-state index is 12.3. The van der Waals surface area contributed by atoms with Crippen molar-refractivity contribution in [3.8, 4) is 0 Å². The van der Waals surface area contributed by atoms with Crippen molar-refractivity contribution >= 4 is 22.0 Å². The second kappa shape index (κ2) is 8.31. The van der Waals surface area contributed by atoms with Gasteiger partial charge in [0.05, 0.1) is 0 Å². The number of amides is 2. The van der Waals surface area contributed by atoms with Crippen molar-refractivity contribution in [2.75, 3.05) is 26.2 Å². The Morgan fingerprint density at radius 2 is 1.58 bits per heavy atom. The summed E-state index contributed by atoms with van der Waals surface area (Å²) in [5.41, 5.74) is 2.43. The Hall–Kier alpha value is -1.85. The van der Waals surface area contributed by atoms with Crippen LogP contribution in [0.3, 0.4) is 0 Å². The molecule has 24 heavy (non-hydrogen) atoms. The fraction of sp³-hybridized carbons (Fsp3) is 0.316. The smallest absolute Gasteiger partial charge is 0.317 e. The van der Waals surface area contributed by atoms with E-state index in [0.29, 0.717) is 6.54 Å². The highest BCUT2D eigenvalue weighted by molar-refractivity contribution is 9.10. The molecule has 0 radical (unpaired) electrons. The number of nitrogens with one attached hydrogen (secondary N) is 1. The van der Waals surface area contributed by atoms with Gasteiger partial charge in [0.25, 0.3) is 0 Å². The third-order valence-corrected chi connectivity index (χ3v) is 4.79. The van der Waals surface area contributed by atoms with Gasteiger partial charge in [0.15, 0.2) is 0 Å². The van der Waals surface area contributed by atoms with Crippen LogP contribution in [0.1, 0.15) is 11.1 Å². The lowest BCUT2D eigenvalue weighted by Gasteiger charge is -2.34. The number of nitrogens with zero attached hydrogens (tertiary/aromatic N) is 2. The molecule has 2 aromatic rings. The quantitative estimate of drug-likeness (QED) is 0.871. The summed E-state index contributed by atoms with van der Waals surface area (Å²) in [6.45, 7) is 4.91. The second-order valence-corrected chi connectivity index (χ2v) is 6.95. The van der Waals surface area contributed by atoms with Gasteiger partial charge in [0, 0.05) is 43.7 Å². The van der Waals surface area contributed by atoms with Crippen LogP contribution in [0, 0.1) is 0 Å². The Bertz CT molecular complexity index is 652. The minimum absolute atomic E-state index is 0.0253. The zero-order chi connectivity index (χ0) is 16.8. The summed E-state index contributed by atoms with van der Waals surface area (Å²) >= 11 is 3.42. The van der Waals surface area contributed by atoms with E-state index in [2.05, 4.69) is 50.4 Å². The van der Waals surface area contributed by atoms with E-state index < -0.39 is 0 Å². The zero-order valence-corrected chi connectivity index (χ0v) is 15.2. The highest BCUT2D eigenvalue weighted by Crippen LogP contribution is 2.11. The fourth-order valence-electron chi connectivity index (χ4n) is 2.84. The molecule has 2 aromatic carbocycles. The van der Waals surface area contributed by atoms with Crippen LogP contribution >= 0.6 is 15.9 Å². The summed E-state index contributed by atoms with van der Waals surface area (Å²) in [5, 5.41) is 3.01. The minimum Gasteiger partial charge on any atom is -0.334 e. The molecule has 0 unspecified atom stereocenters. The molecule has 1 heterocycles. The molecule has 0 spiro atoms. The molecule has 5 heteroatoms. The molecule has 3 rings (SSSR count).